The monoisotopic (exact) mass is 321 g/mol. The van der Waals surface area contributed by atoms with Gasteiger partial charge in [-0.3, -0.25) is 0 Å². The number of allylic oxidation sites excluding steroid dienone is 1. The SMILES string of the molecule is CC(C)(C)NC(CBr)Cc1ccc2c(c1)C=CCC2. The van der Waals surface area contributed by atoms with Crippen molar-refractivity contribution in [1.29, 1.82) is 0 Å². The molecule has 1 aromatic carbocycles. The summed E-state index contributed by atoms with van der Waals surface area (Å²) >= 11 is 3.62. The summed E-state index contributed by atoms with van der Waals surface area (Å²) in [5.74, 6) is 0. The first-order valence-corrected chi connectivity index (χ1v) is 8.22. The summed E-state index contributed by atoms with van der Waals surface area (Å²) in [5, 5.41) is 4.65. The number of rotatable bonds is 4. The van der Waals surface area contributed by atoms with Crippen molar-refractivity contribution in [2.45, 2.75) is 51.6 Å². The Kier molecular flexibility index (Phi) is 4.86. The molecule has 19 heavy (non-hydrogen) atoms. The van der Waals surface area contributed by atoms with Crippen molar-refractivity contribution in [2.24, 2.45) is 0 Å². The minimum absolute atomic E-state index is 0.159. The molecule has 2 rings (SSSR count). The number of halogens is 1. The lowest BCUT2D eigenvalue weighted by atomic mass is 9.93. The van der Waals surface area contributed by atoms with Crippen molar-refractivity contribution < 1.29 is 0 Å². The predicted octanol–water partition coefficient (Wildman–Crippen LogP) is 4.34. The molecule has 0 spiro atoms. The predicted molar refractivity (Wildman–Crippen MR) is 88.0 cm³/mol. The molecule has 0 radical (unpaired) electrons. The third-order valence-corrected chi connectivity index (χ3v) is 4.18. The minimum Gasteiger partial charge on any atom is -0.308 e. The van der Waals surface area contributed by atoms with Gasteiger partial charge >= 0.3 is 0 Å². The van der Waals surface area contributed by atoms with E-state index in [9.17, 15) is 0 Å². The van der Waals surface area contributed by atoms with Crippen LogP contribution in [0.25, 0.3) is 6.08 Å². The van der Waals surface area contributed by atoms with Crippen molar-refractivity contribution in [2.75, 3.05) is 5.33 Å². The Balaban J connectivity index is 2.08. The molecule has 1 aliphatic carbocycles. The second kappa shape index (κ2) is 6.23. The molecule has 1 N–H and O–H groups in total. The molecule has 0 aromatic heterocycles. The smallest absolute Gasteiger partial charge is 0.0209 e. The van der Waals surface area contributed by atoms with Crippen LogP contribution < -0.4 is 5.32 Å². The molecule has 1 aliphatic rings. The highest BCUT2D eigenvalue weighted by molar-refractivity contribution is 9.09. The van der Waals surface area contributed by atoms with Crippen LogP contribution in [0, 0.1) is 0 Å². The number of hydrogen-bond acceptors (Lipinski definition) is 1. The van der Waals surface area contributed by atoms with Crippen LogP contribution in [0.15, 0.2) is 24.3 Å². The van der Waals surface area contributed by atoms with Gasteiger partial charge in [0.1, 0.15) is 0 Å². The van der Waals surface area contributed by atoms with Crippen LogP contribution in [0.1, 0.15) is 43.9 Å². The van der Waals surface area contributed by atoms with Gasteiger partial charge in [-0.25, -0.2) is 0 Å². The summed E-state index contributed by atoms with van der Waals surface area (Å²) in [7, 11) is 0. The largest absolute Gasteiger partial charge is 0.308 e. The summed E-state index contributed by atoms with van der Waals surface area (Å²) in [4.78, 5) is 0. The fraction of sp³-hybridized carbons (Fsp3) is 0.529. The van der Waals surface area contributed by atoms with E-state index in [1.54, 1.807) is 0 Å². The lowest BCUT2D eigenvalue weighted by Gasteiger charge is -2.27. The summed E-state index contributed by atoms with van der Waals surface area (Å²) in [6.45, 7) is 6.66. The van der Waals surface area contributed by atoms with E-state index >= 15 is 0 Å². The van der Waals surface area contributed by atoms with E-state index in [2.05, 4.69) is 72.4 Å². The van der Waals surface area contributed by atoms with E-state index in [-0.39, 0.29) is 5.54 Å². The highest BCUT2D eigenvalue weighted by atomic mass is 79.9. The van der Waals surface area contributed by atoms with E-state index in [0.717, 1.165) is 11.8 Å². The molecule has 2 heteroatoms. The van der Waals surface area contributed by atoms with Crippen molar-refractivity contribution in [3.8, 4) is 0 Å². The van der Waals surface area contributed by atoms with Gasteiger partial charge in [0.25, 0.3) is 0 Å². The molecule has 1 nitrogen and oxygen atoms in total. The summed E-state index contributed by atoms with van der Waals surface area (Å²) in [6, 6.07) is 7.42. The first kappa shape index (κ1) is 14.8. The summed E-state index contributed by atoms with van der Waals surface area (Å²) in [5.41, 5.74) is 4.48. The third-order valence-electron chi connectivity index (χ3n) is 3.39. The average Bonchev–Trinajstić information content (AvgIpc) is 2.36. The maximum atomic E-state index is 3.67. The van der Waals surface area contributed by atoms with Crippen LogP contribution in [-0.4, -0.2) is 16.9 Å². The maximum Gasteiger partial charge on any atom is 0.0209 e. The number of hydrogen-bond donors (Lipinski definition) is 1. The molecule has 0 fully saturated rings. The normalized spacial score (nSPS) is 16.2. The zero-order valence-electron chi connectivity index (χ0n) is 12.2. The van der Waals surface area contributed by atoms with Crippen LogP contribution in [0.2, 0.25) is 0 Å². The third kappa shape index (κ3) is 4.47. The van der Waals surface area contributed by atoms with Gasteiger partial charge in [0.2, 0.25) is 0 Å². The number of aryl methyl sites for hydroxylation is 1. The minimum atomic E-state index is 0.159. The molecule has 1 atom stereocenters. The Morgan fingerprint density at radius 1 is 1.32 bits per heavy atom. The lowest BCUT2D eigenvalue weighted by molar-refractivity contribution is 0.375. The van der Waals surface area contributed by atoms with Gasteiger partial charge in [-0.05, 0) is 56.7 Å². The fourth-order valence-electron chi connectivity index (χ4n) is 2.64. The topological polar surface area (TPSA) is 12.0 Å². The summed E-state index contributed by atoms with van der Waals surface area (Å²) in [6.07, 6.45) is 7.99. The molecule has 0 saturated heterocycles. The van der Waals surface area contributed by atoms with E-state index in [4.69, 9.17) is 0 Å². The quantitative estimate of drug-likeness (QED) is 0.813. The first-order valence-electron chi connectivity index (χ1n) is 7.10. The second-order valence-electron chi connectivity index (χ2n) is 6.42. The van der Waals surface area contributed by atoms with Crippen molar-refractivity contribution in [3.05, 3.63) is 41.0 Å². The Labute approximate surface area is 125 Å². The highest BCUT2D eigenvalue weighted by Crippen LogP contribution is 2.21. The Morgan fingerprint density at radius 2 is 2.11 bits per heavy atom. The molecule has 1 unspecified atom stereocenters. The van der Waals surface area contributed by atoms with Gasteiger partial charge in [0, 0.05) is 16.9 Å². The van der Waals surface area contributed by atoms with Gasteiger partial charge in [-0.2, -0.15) is 0 Å². The maximum absolute atomic E-state index is 3.67. The molecule has 0 bridgehead atoms. The number of alkyl halides is 1. The van der Waals surface area contributed by atoms with Gasteiger partial charge in [0.15, 0.2) is 0 Å². The second-order valence-corrected chi connectivity index (χ2v) is 7.07. The van der Waals surface area contributed by atoms with Gasteiger partial charge in [-0.15, -0.1) is 0 Å². The van der Waals surface area contributed by atoms with Gasteiger partial charge in [-0.1, -0.05) is 46.3 Å². The zero-order chi connectivity index (χ0) is 13.9. The Hall–Kier alpha value is -0.600. The van der Waals surface area contributed by atoms with Crippen LogP contribution in [0.4, 0.5) is 0 Å². The van der Waals surface area contributed by atoms with E-state index in [0.29, 0.717) is 6.04 Å². The van der Waals surface area contributed by atoms with E-state index in [1.807, 2.05) is 0 Å². The Bertz CT molecular complexity index is 457. The van der Waals surface area contributed by atoms with E-state index in [1.165, 1.54) is 29.5 Å². The van der Waals surface area contributed by atoms with Crippen molar-refractivity contribution in [1.82, 2.24) is 5.32 Å². The molecule has 1 aromatic rings. The number of fused-ring (bicyclic) bond motifs is 1. The summed E-state index contributed by atoms with van der Waals surface area (Å²) < 4.78 is 0. The van der Waals surface area contributed by atoms with Crippen molar-refractivity contribution in [3.63, 3.8) is 0 Å². The first-order chi connectivity index (χ1) is 8.98. The molecule has 0 amide bonds. The van der Waals surface area contributed by atoms with Crippen LogP contribution >= 0.6 is 15.9 Å². The molecular weight excluding hydrogens is 298 g/mol. The van der Waals surface area contributed by atoms with Crippen LogP contribution in [0.5, 0.6) is 0 Å². The average molecular weight is 322 g/mol. The standard InChI is InChI=1S/C17H24BrN/c1-17(2,3)19-16(12-18)11-13-8-9-14-6-4-5-7-15(14)10-13/h5,7-10,16,19H,4,6,11-12H2,1-3H3. The molecule has 0 aliphatic heterocycles. The van der Waals surface area contributed by atoms with E-state index < -0.39 is 0 Å². The fourth-order valence-corrected chi connectivity index (χ4v) is 3.04. The number of nitrogens with one attached hydrogen (secondary N) is 1. The molecule has 104 valence electrons. The number of benzene rings is 1. The van der Waals surface area contributed by atoms with Gasteiger partial charge < -0.3 is 5.32 Å². The Morgan fingerprint density at radius 3 is 2.79 bits per heavy atom. The molecule has 0 saturated carbocycles. The van der Waals surface area contributed by atoms with Crippen LogP contribution in [0.3, 0.4) is 0 Å². The highest BCUT2D eigenvalue weighted by Gasteiger charge is 2.17. The zero-order valence-corrected chi connectivity index (χ0v) is 13.8. The van der Waals surface area contributed by atoms with Crippen LogP contribution in [-0.2, 0) is 12.8 Å². The van der Waals surface area contributed by atoms with Crippen molar-refractivity contribution >= 4 is 22.0 Å². The van der Waals surface area contributed by atoms with Gasteiger partial charge in [0.05, 0.1) is 0 Å². The molecule has 0 heterocycles. The lowest BCUT2D eigenvalue weighted by Crippen LogP contribution is -2.45. The molecular formula is C17H24BrN.